The summed E-state index contributed by atoms with van der Waals surface area (Å²) >= 11 is 0. The molecule has 1 rings (SSSR count). The van der Waals surface area contributed by atoms with Crippen LogP contribution in [0.3, 0.4) is 0 Å². The number of carbonyl (C=O) groups excluding carboxylic acids is 2. The smallest absolute Gasteiger partial charge is 0.416 e. The molecule has 1 heterocycles. The van der Waals surface area contributed by atoms with E-state index in [0.717, 1.165) is 11.3 Å². The predicted molar refractivity (Wildman–Crippen MR) is 65.8 cm³/mol. The van der Waals surface area contributed by atoms with Gasteiger partial charge in [0.1, 0.15) is 6.61 Å². The van der Waals surface area contributed by atoms with E-state index in [4.69, 9.17) is 4.74 Å². The van der Waals surface area contributed by atoms with E-state index >= 15 is 0 Å². The van der Waals surface area contributed by atoms with Crippen molar-refractivity contribution in [1.29, 1.82) is 0 Å². The average molecular weight is 277 g/mol. The van der Waals surface area contributed by atoms with Gasteiger partial charge in [0, 0.05) is 0 Å². The molecule has 4 nitrogen and oxygen atoms in total. The molecule has 1 saturated heterocycles. The second-order valence-electron chi connectivity index (χ2n) is 5.18. The van der Waals surface area contributed by atoms with Gasteiger partial charge in [-0.25, -0.2) is 18.5 Å². The lowest BCUT2D eigenvalue weighted by Crippen LogP contribution is -2.46. The number of cyclic esters (lactones) is 1. The van der Waals surface area contributed by atoms with Crippen molar-refractivity contribution in [1.82, 2.24) is 4.90 Å². The predicted octanol–water partition coefficient (Wildman–Crippen LogP) is 3.06. The van der Waals surface area contributed by atoms with Gasteiger partial charge < -0.3 is 4.74 Å². The van der Waals surface area contributed by atoms with Gasteiger partial charge in [0.15, 0.2) is 0 Å². The van der Waals surface area contributed by atoms with Crippen molar-refractivity contribution in [3.63, 3.8) is 0 Å². The molecular formula is C13H21F2NO3. The Bertz CT molecular complexity index is 334. The summed E-state index contributed by atoms with van der Waals surface area (Å²) in [6.45, 7) is 5.62. The summed E-state index contributed by atoms with van der Waals surface area (Å²) in [7, 11) is 0. The van der Waals surface area contributed by atoms with Crippen LogP contribution < -0.4 is 0 Å². The summed E-state index contributed by atoms with van der Waals surface area (Å²) in [5, 5.41) is 0. The highest BCUT2D eigenvalue weighted by atomic mass is 19.3. The molecule has 110 valence electrons. The molecule has 19 heavy (non-hydrogen) atoms. The molecule has 0 aliphatic carbocycles. The lowest BCUT2D eigenvalue weighted by Gasteiger charge is -2.26. The van der Waals surface area contributed by atoms with Gasteiger partial charge in [-0.1, -0.05) is 33.6 Å². The summed E-state index contributed by atoms with van der Waals surface area (Å²) in [5.41, 5.74) is 0. The van der Waals surface area contributed by atoms with E-state index in [1.807, 2.05) is 20.8 Å². The van der Waals surface area contributed by atoms with Gasteiger partial charge in [0.25, 0.3) is 0 Å². The Hall–Kier alpha value is -1.20. The van der Waals surface area contributed by atoms with E-state index in [0.29, 0.717) is 6.42 Å². The van der Waals surface area contributed by atoms with Crippen LogP contribution in [-0.2, 0) is 9.53 Å². The van der Waals surface area contributed by atoms with Crippen molar-refractivity contribution in [2.75, 3.05) is 6.61 Å². The number of ether oxygens (including phenoxy) is 1. The first-order valence-electron chi connectivity index (χ1n) is 6.68. The minimum absolute atomic E-state index is 0.0140. The van der Waals surface area contributed by atoms with Crippen LogP contribution >= 0.6 is 0 Å². The molecule has 0 aromatic carbocycles. The maximum Gasteiger partial charge on any atom is 0.416 e. The molecule has 2 atom stereocenters. The summed E-state index contributed by atoms with van der Waals surface area (Å²) in [5.74, 6) is -2.23. The number of rotatable bonds is 6. The summed E-state index contributed by atoms with van der Waals surface area (Å²) < 4.78 is 30.8. The number of halogens is 2. The number of carbonyl (C=O) groups is 2. The van der Waals surface area contributed by atoms with Gasteiger partial charge in [-0.2, -0.15) is 0 Å². The van der Waals surface area contributed by atoms with Crippen molar-refractivity contribution < 1.29 is 23.1 Å². The Balaban J connectivity index is 2.84. The SMILES string of the molecule is CCCC[C@@H](C(=O)N1C(=O)OC[C@@H]1C(C)C)C(F)F. The van der Waals surface area contributed by atoms with Gasteiger partial charge in [-0.3, -0.25) is 4.79 Å². The standard InChI is InChI=1S/C13H21F2NO3/c1-4-5-6-9(11(14)15)12(17)16-10(8(2)3)7-19-13(16)18/h8-11H,4-7H2,1-3H3/t9-,10-/m1/s1. The zero-order valence-electron chi connectivity index (χ0n) is 11.6. The van der Waals surface area contributed by atoms with E-state index in [9.17, 15) is 18.4 Å². The highest BCUT2D eigenvalue weighted by molar-refractivity contribution is 5.95. The van der Waals surface area contributed by atoms with E-state index in [-0.39, 0.29) is 18.9 Å². The Morgan fingerprint density at radius 3 is 2.58 bits per heavy atom. The molecule has 1 aliphatic heterocycles. The fourth-order valence-electron chi connectivity index (χ4n) is 2.14. The van der Waals surface area contributed by atoms with Crippen molar-refractivity contribution in [3.05, 3.63) is 0 Å². The van der Waals surface area contributed by atoms with Crippen LogP contribution in [0.4, 0.5) is 13.6 Å². The number of hydrogen-bond donors (Lipinski definition) is 0. The number of amides is 2. The van der Waals surface area contributed by atoms with Crippen molar-refractivity contribution in [2.24, 2.45) is 11.8 Å². The largest absolute Gasteiger partial charge is 0.447 e. The third-order valence-corrected chi connectivity index (χ3v) is 3.40. The second-order valence-corrected chi connectivity index (χ2v) is 5.18. The molecule has 0 aromatic heterocycles. The molecular weight excluding hydrogens is 256 g/mol. The molecule has 1 fully saturated rings. The van der Waals surface area contributed by atoms with Crippen LogP contribution in [-0.4, -0.2) is 36.0 Å². The van der Waals surface area contributed by atoms with E-state index in [1.54, 1.807) is 0 Å². The number of hydrogen-bond acceptors (Lipinski definition) is 3. The van der Waals surface area contributed by atoms with E-state index in [2.05, 4.69) is 0 Å². The Labute approximate surface area is 112 Å². The van der Waals surface area contributed by atoms with Crippen LogP contribution in [0.15, 0.2) is 0 Å². The second kappa shape index (κ2) is 6.82. The fourth-order valence-corrected chi connectivity index (χ4v) is 2.14. The van der Waals surface area contributed by atoms with Crippen molar-refractivity contribution in [2.45, 2.75) is 52.5 Å². The van der Waals surface area contributed by atoms with Crippen molar-refractivity contribution >= 4 is 12.0 Å². The van der Waals surface area contributed by atoms with Crippen molar-refractivity contribution in [3.8, 4) is 0 Å². The maximum absolute atomic E-state index is 13.0. The molecule has 0 bridgehead atoms. The van der Waals surface area contributed by atoms with Crippen LogP contribution in [0.25, 0.3) is 0 Å². The quantitative estimate of drug-likeness (QED) is 0.749. The number of nitrogens with zero attached hydrogens (tertiary/aromatic N) is 1. The summed E-state index contributed by atoms with van der Waals surface area (Å²) in [6, 6.07) is -0.442. The molecule has 2 amide bonds. The van der Waals surface area contributed by atoms with Crippen LogP contribution in [0, 0.1) is 11.8 Å². The first-order valence-corrected chi connectivity index (χ1v) is 6.68. The third kappa shape index (κ3) is 3.64. The van der Waals surface area contributed by atoms with Gasteiger partial charge in [0.05, 0.1) is 12.0 Å². The number of unbranched alkanes of at least 4 members (excludes halogenated alkanes) is 1. The Kier molecular flexibility index (Phi) is 5.69. The zero-order valence-corrected chi connectivity index (χ0v) is 11.6. The maximum atomic E-state index is 13.0. The van der Waals surface area contributed by atoms with Gasteiger partial charge in [-0.05, 0) is 12.3 Å². The molecule has 0 spiro atoms. The van der Waals surface area contributed by atoms with Crippen LogP contribution in [0.2, 0.25) is 0 Å². The average Bonchev–Trinajstić information content (AvgIpc) is 2.71. The highest BCUT2D eigenvalue weighted by Gasteiger charge is 2.44. The lowest BCUT2D eigenvalue weighted by molar-refractivity contribution is -0.139. The summed E-state index contributed by atoms with van der Waals surface area (Å²) in [6.07, 6.45) is -2.18. The summed E-state index contributed by atoms with van der Waals surface area (Å²) in [4.78, 5) is 24.6. The zero-order chi connectivity index (χ0) is 14.6. The Morgan fingerprint density at radius 2 is 2.11 bits per heavy atom. The molecule has 6 heteroatoms. The molecule has 0 N–H and O–H groups in total. The minimum atomic E-state index is -2.75. The number of imide groups is 1. The number of alkyl halides is 2. The van der Waals surface area contributed by atoms with Crippen LogP contribution in [0.1, 0.15) is 40.0 Å². The molecule has 1 aliphatic rings. The molecule has 0 radical (unpaired) electrons. The third-order valence-electron chi connectivity index (χ3n) is 3.40. The van der Waals surface area contributed by atoms with Gasteiger partial charge >= 0.3 is 6.09 Å². The lowest BCUT2D eigenvalue weighted by atomic mass is 9.98. The van der Waals surface area contributed by atoms with E-state index < -0.39 is 30.4 Å². The molecule has 0 aromatic rings. The van der Waals surface area contributed by atoms with E-state index in [1.165, 1.54) is 0 Å². The Morgan fingerprint density at radius 1 is 1.47 bits per heavy atom. The first-order chi connectivity index (χ1) is 8.90. The van der Waals surface area contributed by atoms with Gasteiger partial charge in [0.2, 0.25) is 12.3 Å². The normalized spacial score (nSPS) is 21.1. The first kappa shape index (κ1) is 15.9. The topological polar surface area (TPSA) is 46.6 Å². The monoisotopic (exact) mass is 277 g/mol. The fraction of sp³-hybridized carbons (Fsp3) is 0.846. The van der Waals surface area contributed by atoms with Crippen LogP contribution in [0.5, 0.6) is 0 Å². The minimum Gasteiger partial charge on any atom is -0.447 e. The highest BCUT2D eigenvalue weighted by Crippen LogP contribution is 2.26. The van der Waals surface area contributed by atoms with Gasteiger partial charge in [-0.15, -0.1) is 0 Å². The molecule has 0 saturated carbocycles. The molecule has 0 unspecified atom stereocenters.